The monoisotopic (exact) mass is 411 g/mol. The predicted octanol–water partition coefficient (Wildman–Crippen LogP) is 4.69. The van der Waals surface area contributed by atoms with E-state index in [9.17, 15) is 4.79 Å². The normalized spacial score (nSPS) is 10.7. The molecular formula is C22H25N3O3S. The van der Waals surface area contributed by atoms with E-state index in [1.54, 1.807) is 7.11 Å². The molecule has 0 atom stereocenters. The average Bonchev–Trinajstić information content (AvgIpc) is 3.16. The average molecular weight is 412 g/mol. The molecule has 0 amide bonds. The molecule has 0 aliphatic rings. The quantitative estimate of drug-likeness (QED) is 0.289. The van der Waals surface area contributed by atoms with E-state index in [0.29, 0.717) is 23.3 Å². The topological polar surface area (TPSA) is 66.2 Å². The molecule has 3 aromatic rings. The molecule has 0 aliphatic heterocycles. The SMILES string of the molecule is CCCCOC(=O)CSc1nnc(-c2ccccc2OC)n1-c1ccc(C)cc1. The number of benzene rings is 2. The molecule has 0 spiro atoms. The number of hydrogen-bond acceptors (Lipinski definition) is 6. The van der Waals surface area contributed by atoms with Crippen molar-refractivity contribution >= 4 is 17.7 Å². The number of thioether (sulfide) groups is 1. The van der Waals surface area contributed by atoms with Crippen molar-refractivity contribution in [3.8, 4) is 22.8 Å². The number of carbonyl (C=O) groups excluding carboxylic acids is 1. The number of nitrogens with zero attached hydrogens (tertiary/aromatic N) is 3. The molecule has 0 radical (unpaired) electrons. The first-order chi connectivity index (χ1) is 14.1. The number of aromatic nitrogens is 3. The van der Waals surface area contributed by atoms with Crippen molar-refractivity contribution in [2.75, 3.05) is 19.5 Å². The van der Waals surface area contributed by atoms with Gasteiger partial charge in [-0.3, -0.25) is 9.36 Å². The highest BCUT2D eigenvalue weighted by Gasteiger charge is 2.20. The highest BCUT2D eigenvalue weighted by atomic mass is 32.2. The summed E-state index contributed by atoms with van der Waals surface area (Å²) in [5, 5.41) is 9.38. The maximum atomic E-state index is 12.0. The molecule has 0 fully saturated rings. The van der Waals surface area contributed by atoms with Crippen LogP contribution in [0.1, 0.15) is 25.3 Å². The van der Waals surface area contributed by atoms with Crippen LogP contribution in [0.3, 0.4) is 0 Å². The first-order valence-electron chi connectivity index (χ1n) is 9.58. The molecule has 3 rings (SSSR count). The molecule has 6 nitrogen and oxygen atoms in total. The van der Waals surface area contributed by atoms with Gasteiger partial charge in [-0.2, -0.15) is 0 Å². The molecular weight excluding hydrogens is 386 g/mol. The number of carbonyl (C=O) groups is 1. The molecule has 152 valence electrons. The summed E-state index contributed by atoms with van der Waals surface area (Å²) in [6, 6.07) is 15.8. The Labute approximate surface area is 175 Å². The first kappa shape index (κ1) is 20.9. The van der Waals surface area contributed by atoms with E-state index in [4.69, 9.17) is 9.47 Å². The lowest BCUT2D eigenvalue weighted by Gasteiger charge is -2.12. The number of ether oxygens (including phenoxy) is 2. The molecule has 0 saturated heterocycles. The van der Waals surface area contributed by atoms with Crippen molar-refractivity contribution in [3.05, 3.63) is 54.1 Å². The molecule has 1 heterocycles. The highest BCUT2D eigenvalue weighted by Crippen LogP contribution is 2.33. The van der Waals surface area contributed by atoms with Crippen molar-refractivity contribution in [2.24, 2.45) is 0 Å². The number of unbranched alkanes of at least 4 members (excludes halogenated alkanes) is 1. The zero-order valence-corrected chi connectivity index (χ0v) is 17.7. The van der Waals surface area contributed by atoms with Gasteiger partial charge in [0, 0.05) is 5.69 Å². The Balaban J connectivity index is 1.94. The Morgan fingerprint density at radius 1 is 1.10 bits per heavy atom. The molecule has 0 N–H and O–H groups in total. The molecule has 0 bridgehead atoms. The lowest BCUT2D eigenvalue weighted by Crippen LogP contribution is -2.09. The fraction of sp³-hybridized carbons (Fsp3) is 0.318. The van der Waals surface area contributed by atoms with Gasteiger partial charge in [-0.1, -0.05) is 54.9 Å². The fourth-order valence-electron chi connectivity index (χ4n) is 2.79. The smallest absolute Gasteiger partial charge is 0.316 e. The Morgan fingerprint density at radius 2 is 1.86 bits per heavy atom. The number of aryl methyl sites for hydroxylation is 1. The van der Waals surface area contributed by atoms with Gasteiger partial charge in [0.05, 0.1) is 25.0 Å². The zero-order valence-electron chi connectivity index (χ0n) is 16.9. The Hall–Kier alpha value is -2.80. The van der Waals surface area contributed by atoms with Gasteiger partial charge >= 0.3 is 5.97 Å². The second-order valence-electron chi connectivity index (χ2n) is 6.54. The van der Waals surface area contributed by atoms with Gasteiger partial charge in [0.15, 0.2) is 11.0 Å². The van der Waals surface area contributed by atoms with Crippen molar-refractivity contribution in [2.45, 2.75) is 31.8 Å². The molecule has 0 aliphatic carbocycles. The van der Waals surface area contributed by atoms with Crippen molar-refractivity contribution in [1.29, 1.82) is 0 Å². The van der Waals surface area contributed by atoms with Crippen LogP contribution < -0.4 is 4.74 Å². The third kappa shape index (κ3) is 5.17. The van der Waals surface area contributed by atoms with E-state index in [1.165, 1.54) is 11.8 Å². The maximum Gasteiger partial charge on any atom is 0.316 e. The molecule has 1 aromatic heterocycles. The van der Waals surface area contributed by atoms with Gasteiger partial charge in [0.2, 0.25) is 0 Å². The van der Waals surface area contributed by atoms with Gasteiger partial charge in [-0.25, -0.2) is 0 Å². The second kappa shape index (κ2) is 10.1. The Morgan fingerprint density at radius 3 is 2.59 bits per heavy atom. The summed E-state index contributed by atoms with van der Waals surface area (Å²) >= 11 is 1.32. The minimum Gasteiger partial charge on any atom is -0.496 e. The summed E-state index contributed by atoms with van der Waals surface area (Å²) in [5.74, 6) is 1.30. The second-order valence-corrected chi connectivity index (χ2v) is 7.48. The van der Waals surface area contributed by atoms with Gasteiger partial charge in [-0.05, 0) is 37.6 Å². The largest absolute Gasteiger partial charge is 0.496 e. The minimum absolute atomic E-state index is 0.180. The minimum atomic E-state index is -0.249. The molecule has 2 aromatic carbocycles. The van der Waals surface area contributed by atoms with Crippen LogP contribution in [0, 0.1) is 6.92 Å². The lowest BCUT2D eigenvalue weighted by molar-refractivity contribution is -0.140. The number of hydrogen-bond donors (Lipinski definition) is 0. The van der Waals surface area contributed by atoms with E-state index in [0.717, 1.165) is 29.7 Å². The number of para-hydroxylation sites is 1. The van der Waals surface area contributed by atoms with Crippen molar-refractivity contribution < 1.29 is 14.3 Å². The summed E-state index contributed by atoms with van der Waals surface area (Å²) in [5.41, 5.74) is 2.91. The van der Waals surface area contributed by atoms with Crippen LogP contribution in [-0.4, -0.2) is 40.2 Å². The van der Waals surface area contributed by atoms with Crippen LogP contribution >= 0.6 is 11.8 Å². The number of rotatable bonds is 9. The summed E-state index contributed by atoms with van der Waals surface area (Å²) in [6.07, 6.45) is 1.86. The zero-order chi connectivity index (χ0) is 20.6. The van der Waals surface area contributed by atoms with E-state index in [1.807, 2.05) is 60.0 Å². The molecule has 0 saturated carbocycles. The van der Waals surface area contributed by atoms with Crippen LogP contribution in [0.4, 0.5) is 0 Å². The van der Waals surface area contributed by atoms with Gasteiger partial charge < -0.3 is 9.47 Å². The van der Waals surface area contributed by atoms with Crippen LogP contribution in [0.25, 0.3) is 17.1 Å². The molecule has 7 heteroatoms. The van der Waals surface area contributed by atoms with Gasteiger partial charge in [0.1, 0.15) is 5.75 Å². The van der Waals surface area contributed by atoms with E-state index in [-0.39, 0.29) is 11.7 Å². The van der Waals surface area contributed by atoms with Crippen LogP contribution in [0.2, 0.25) is 0 Å². The number of methoxy groups -OCH3 is 1. The fourth-order valence-corrected chi connectivity index (χ4v) is 3.54. The van der Waals surface area contributed by atoms with Crippen molar-refractivity contribution in [3.63, 3.8) is 0 Å². The van der Waals surface area contributed by atoms with Crippen LogP contribution in [0.15, 0.2) is 53.7 Å². The summed E-state index contributed by atoms with van der Waals surface area (Å²) in [6.45, 7) is 4.55. The summed E-state index contributed by atoms with van der Waals surface area (Å²) < 4.78 is 12.7. The summed E-state index contributed by atoms with van der Waals surface area (Å²) in [7, 11) is 1.63. The Bertz CT molecular complexity index is 954. The van der Waals surface area contributed by atoms with Gasteiger partial charge in [-0.15, -0.1) is 10.2 Å². The first-order valence-corrected chi connectivity index (χ1v) is 10.6. The molecule has 0 unspecified atom stereocenters. The van der Waals surface area contributed by atoms with Crippen LogP contribution in [0.5, 0.6) is 5.75 Å². The third-order valence-corrected chi connectivity index (χ3v) is 5.26. The third-order valence-electron chi connectivity index (χ3n) is 4.35. The maximum absolute atomic E-state index is 12.0. The van der Waals surface area contributed by atoms with Gasteiger partial charge in [0.25, 0.3) is 0 Å². The van der Waals surface area contributed by atoms with Crippen LogP contribution in [-0.2, 0) is 9.53 Å². The lowest BCUT2D eigenvalue weighted by atomic mass is 10.1. The Kier molecular flexibility index (Phi) is 7.30. The highest BCUT2D eigenvalue weighted by molar-refractivity contribution is 7.99. The number of esters is 1. The summed E-state index contributed by atoms with van der Waals surface area (Å²) in [4.78, 5) is 12.0. The molecule has 29 heavy (non-hydrogen) atoms. The van der Waals surface area contributed by atoms with Crippen molar-refractivity contribution in [1.82, 2.24) is 14.8 Å². The van der Waals surface area contributed by atoms with E-state index >= 15 is 0 Å². The van der Waals surface area contributed by atoms with E-state index < -0.39 is 0 Å². The standard InChI is InChI=1S/C22H25N3O3S/c1-4-5-14-28-20(26)15-29-22-24-23-21(18-8-6-7-9-19(18)27-3)25(22)17-12-10-16(2)11-13-17/h6-13H,4-5,14-15H2,1-3H3. The van der Waals surface area contributed by atoms with E-state index in [2.05, 4.69) is 17.1 Å². The predicted molar refractivity (Wildman–Crippen MR) is 115 cm³/mol.